The number of carbonyl (C=O) groups is 1. The Bertz CT molecular complexity index is 521. The first-order valence-electron chi connectivity index (χ1n) is 7.49. The van der Waals surface area contributed by atoms with Crippen molar-refractivity contribution >= 4 is 5.91 Å². The third-order valence-corrected chi connectivity index (χ3v) is 3.87. The largest absolute Gasteiger partial charge is 0.369 e. The molecule has 1 aliphatic rings. The zero-order chi connectivity index (χ0) is 15.1. The van der Waals surface area contributed by atoms with Gasteiger partial charge in [-0.15, -0.1) is 0 Å². The normalized spacial score (nSPS) is 15.0. The van der Waals surface area contributed by atoms with E-state index in [1.807, 2.05) is 12.1 Å². The van der Waals surface area contributed by atoms with Gasteiger partial charge < -0.3 is 11.5 Å². The highest BCUT2D eigenvalue weighted by Gasteiger charge is 2.23. The van der Waals surface area contributed by atoms with Crippen molar-refractivity contribution < 1.29 is 4.79 Å². The molecule has 1 amide bonds. The molecule has 1 aliphatic carbocycles. The fraction of sp³-hybridized carbons (Fsp3) is 0.471. The fourth-order valence-electron chi connectivity index (χ4n) is 2.86. The van der Waals surface area contributed by atoms with Gasteiger partial charge in [-0.1, -0.05) is 36.8 Å². The van der Waals surface area contributed by atoms with Crippen LogP contribution in [0.4, 0.5) is 0 Å². The van der Waals surface area contributed by atoms with Crippen LogP contribution in [0, 0.1) is 11.8 Å². The van der Waals surface area contributed by atoms with Crippen LogP contribution in [-0.2, 0) is 11.3 Å². The van der Waals surface area contributed by atoms with E-state index >= 15 is 0 Å². The maximum absolute atomic E-state index is 11.3. The van der Waals surface area contributed by atoms with Gasteiger partial charge in [0.1, 0.15) is 0 Å². The summed E-state index contributed by atoms with van der Waals surface area (Å²) in [7, 11) is 0. The van der Waals surface area contributed by atoms with E-state index in [1.54, 1.807) is 0 Å². The lowest BCUT2D eigenvalue weighted by molar-refractivity contribution is -0.119. The van der Waals surface area contributed by atoms with Gasteiger partial charge in [-0.05, 0) is 30.5 Å². The molecule has 1 saturated carbocycles. The maximum Gasteiger partial charge on any atom is 0.231 e. The Labute approximate surface area is 126 Å². The van der Waals surface area contributed by atoms with E-state index < -0.39 is 0 Å². The van der Waals surface area contributed by atoms with Crippen molar-refractivity contribution in [1.82, 2.24) is 4.90 Å². The summed E-state index contributed by atoms with van der Waals surface area (Å²) < 4.78 is 0. The highest BCUT2D eigenvalue weighted by molar-refractivity contribution is 5.76. The Morgan fingerprint density at radius 2 is 1.90 bits per heavy atom. The van der Waals surface area contributed by atoms with Gasteiger partial charge in [0.05, 0.1) is 13.1 Å². The maximum atomic E-state index is 11.3. The minimum absolute atomic E-state index is 0.257. The summed E-state index contributed by atoms with van der Waals surface area (Å²) in [5.41, 5.74) is 12.9. The topological polar surface area (TPSA) is 72.3 Å². The Hall–Kier alpha value is -1.83. The predicted molar refractivity (Wildman–Crippen MR) is 84.2 cm³/mol. The number of nitrogens with two attached hydrogens (primary N) is 2. The molecule has 2 rings (SSSR count). The van der Waals surface area contributed by atoms with Crippen LogP contribution in [0.5, 0.6) is 0 Å². The number of carbonyl (C=O) groups excluding carboxylic acids is 1. The molecule has 0 spiro atoms. The van der Waals surface area contributed by atoms with E-state index in [4.69, 9.17) is 11.5 Å². The van der Waals surface area contributed by atoms with Gasteiger partial charge in [0.15, 0.2) is 0 Å². The highest BCUT2D eigenvalue weighted by Crippen LogP contribution is 2.24. The molecule has 21 heavy (non-hydrogen) atoms. The smallest absolute Gasteiger partial charge is 0.231 e. The number of rotatable bonds is 5. The van der Waals surface area contributed by atoms with Crippen molar-refractivity contribution in [3.05, 3.63) is 35.4 Å². The Morgan fingerprint density at radius 1 is 1.24 bits per heavy atom. The second kappa shape index (κ2) is 7.82. The average Bonchev–Trinajstić information content (AvgIpc) is 2.99. The Balaban J connectivity index is 2.03. The molecule has 1 aromatic rings. The lowest BCUT2D eigenvalue weighted by atomic mass is 10.1. The number of primary amides is 1. The number of amides is 1. The molecule has 1 aromatic carbocycles. The first-order valence-corrected chi connectivity index (χ1v) is 7.49. The van der Waals surface area contributed by atoms with Gasteiger partial charge in [-0.25, -0.2) is 0 Å². The summed E-state index contributed by atoms with van der Waals surface area (Å²) in [5, 5.41) is 0. The molecule has 0 unspecified atom stereocenters. The van der Waals surface area contributed by atoms with E-state index in [2.05, 4.69) is 28.9 Å². The van der Waals surface area contributed by atoms with Crippen molar-refractivity contribution in [1.29, 1.82) is 0 Å². The summed E-state index contributed by atoms with van der Waals surface area (Å²) in [6.45, 7) is 1.47. The summed E-state index contributed by atoms with van der Waals surface area (Å²) in [4.78, 5) is 13.5. The third-order valence-electron chi connectivity index (χ3n) is 3.87. The van der Waals surface area contributed by atoms with Crippen LogP contribution in [0.2, 0.25) is 0 Å². The van der Waals surface area contributed by atoms with Crippen molar-refractivity contribution in [2.75, 3.05) is 13.1 Å². The summed E-state index contributed by atoms with van der Waals surface area (Å²) >= 11 is 0. The number of benzene rings is 1. The molecule has 0 bridgehead atoms. The van der Waals surface area contributed by atoms with E-state index in [0.717, 1.165) is 24.9 Å². The molecule has 0 saturated heterocycles. The Kier molecular flexibility index (Phi) is 5.79. The molecule has 4 N–H and O–H groups in total. The van der Waals surface area contributed by atoms with Gasteiger partial charge >= 0.3 is 0 Å². The van der Waals surface area contributed by atoms with E-state index in [-0.39, 0.29) is 5.91 Å². The molecular formula is C17H23N3O. The summed E-state index contributed by atoms with van der Waals surface area (Å²) in [5.74, 6) is 5.59. The van der Waals surface area contributed by atoms with Crippen molar-refractivity contribution in [2.45, 2.75) is 38.3 Å². The second-order valence-electron chi connectivity index (χ2n) is 5.51. The molecule has 0 aromatic heterocycles. The first-order chi connectivity index (χ1) is 10.2. The molecule has 0 atom stereocenters. The molecule has 0 aliphatic heterocycles. The SMILES string of the molecule is NCC#Cc1ccc(CN(CC(N)=O)C2CCCC2)cc1. The van der Waals surface area contributed by atoms with Crippen LogP contribution < -0.4 is 11.5 Å². The van der Waals surface area contributed by atoms with Crippen LogP contribution >= 0.6 is 0 Å². The minimum Gasteiger partial charge on any atom is -0.369 e. The minimum atomic E-state index is -0.257. The molecule has 4 heteroatoms. The Morgan fingerprint density at radius 3 is 2.48 bits per heavy atom. The van der Waals surface area contributed by atoms with Crippen molar-refractivity contribution in [3.63, 3.8) is 0 Å². The number of hydrogen-bond donors (Lipinski definition) is 2. The molecular weight excluding hydrogens is 262 g/mol. The monoisotopic (exact) mass is 285 g/mol. The van der Waals surface area contributed by atoms with Gasteiger partial charge in [0.2, 0.25) is 5.91 Å². The van der Waals surface area contributed by atoms with Crippen LogP contribution in [0.15, 0.2) is 24.3 Å². The predicted octanol–water partition coefficient (Wildman–Crippen LogP) is 1.23. The average molecular weight is 285 g/mol. The zero-order valence-electron chi connectivity index (χ0n) is 12.3. The van der Waals surface area contributed by atoms with Crippen LogP contribution in [0.3, 0.4) is 0 Å². The van der Waals surface area contributed by atoms with E-state index in [0.29, 0.717) is 19.1 Å². The molecule has 112 valence electrons. The second-order valence-corrected chi connectivity index (χ2v) is 5.51. The lowest BCUT2D eigenvalue weighted by Crippen LogP contribution is -2.39. The fourth-order valence-corrected chi connectivity index (χ4v) is 2.86. The molecule has 4 nitrogen and oxygen atoms in total. The van der Waals surface area contributed by atoms with E-state index in [1.165, 1.54) is 18.4 Å². The molecule has 0 heterocycles. The molecule has 1 fully saturated rings. The third kappa shape index (κ3) is 4.89. The van der Waals surface area contributed by atoms with Gasteiger partial charge in [-0.3, -0.25) is 9.69 Å². The summed E-state index contributed by atoms with van der Waals surface area (Å²) in [6.07, 6.45) is 4.81. The summed E-state index contributed by atoms with van der Waals surface area (Å²) in [6, 6.07) is 8.59. The van der Waals surface area contributed by atoms with Crippen LogP contribution in [-0.4, -0.2) is 29.9 Å². The quantitative estimate of drug-likeness (QED) is 0.799. The highest BCUT2D eigenvalue weighted by atomic mass is 16.1. The van der Waals surface area contributed by atoms with Crippen molar-refractivity contribution in [2.24, 2.45) is 11.5 Å². The number of nitrogens with zero attached hydrogens (tertiary/aromatic N) is 1. The molecule has 0 radical (unpaired) electrons. The van der Waals surface area contributed by atoms with Gasteiger partial charge in [0, 0.05) is 18.2 Å². The van der Waals surface area contributed by atoms with Crippen LogP contribution in [0.1, 0.15) is 36.8 Å². The first kappa shape index (κ1) is 15.6. The van der Waals surface area contributed by atoms with Crippen molar-refractivity contribution in [3.8, 4) is 11.8 Å². The van der Waals surface area contributed by atoms with E-state index in [9.17, 15) is 4.79 Å². The van der Waals surface area contributed by atoms with Gasteiger partial charge in [0.25, 0.3) is 0 Å². The zero-order valence-corrected chi connectivity index (χ0v) is 12.3. The standard InChI is InChI=1S/C17H23N3O/c18-11-3-4-14-7-9-15(10-8-14)12-20(13-17(19)21)16-5-1-2-6-16/h7-10,16H,1-2,5-6,11-13,18H2,(H2,19,21). The number of hydrogen-bond acceptors (Lipinski definition) is 3. The van der Waals surface area contributed by atoms with Gasteiger partial charge in [-0.2, -0.15) is 0 Å². The van der Waals surface area contributed by atoms with Crippen LogP contribution in [0.25, 0.3) is 0 Å². The lowest BCUT2D eigenvalue weighted by Gasteiger charge is -2.27.